The molecule has 0 bridgehead atoms. The van der Waals surface area contributed by atoms with Crippen LogP contribution in [0.3, 0.4) is 0 Å². The molecule has 2 fully saturated rings. The number of anilines is 1. The van der Waals surface area contributed by atoms with Crippen molar-refractivity contribution < 1.29 is 9.18 Å². The minimum absolute atomic E-state index is 0.149. The Morgan fingerprint density at radius 3 is 2.23 bits per heavy atom. The summed E-state index contributed by atoms with van der Waals surface area (Å²) in [5.41, 5.74) is 2.05. The van der Waals surface area contributed by atoms with Crippen molar-refractivity contribution >= 4 is 11.6 Å². The monoisotopic (exact) mass is 409 g/mol. The molecule has 0 radical (unpaired) electrons. The Labute approximate surface area is 179 Å². The van der Waals surface area contributed by atoms with Gasteiger partial charge in [0, 0.05) is 32.1 Å². The molecule has 0 unspecified atom stereocenters. The minimum Gasteiger partial charge on any atom is -0.366 e. The molecule has 4 rings (SSSR count). The van der Waals surface area contributed by atoms with Crippen LogP contribution >= 0.6 is 0 Å². The molecule has 0 N–H and O–H groups in total. The Bertz CT molecular complexity index is 812. The van der Waals surface area contributed by atoms with Crippen LogP contribution in [0.25, 0.3) is 0 Å². The molecule has 0 aromatic heterocycles. The summed E-state index contributed by atoms with van der Waals surface area (Å²) in [6.45, 7) is 5.91. The van der Waals surface area contributed by atoms with Crippen molar-refractivity contribution in [3.05, 3.63) is 66.0 Å². The van der Waals surface area contributed by atoms with Crippen molar-refractivity contribution in [1.29, 1.82) is 0 Å². The Morgan fingerprint density at radius 1 is 0.867 bits per heavy atom. The molecule has 30 heavy (non-hydrogen) atoms. The van der Waals surface area contributed by atoms with Gasteiger partial charge in [0.25, 0.3) is 0 Å². The molecule has 160 valence electrons. The molecule has 2 saturated heterocycles. The number of carbonyl (C=O) groups excluding carboxylic acids is 1. The lowest BCUT2D eigenvalue weighted by molar-refractivity contribution is -0.137. The van der Waals surface area contributed by atoms with Crippen molar-refractivity contribution in [3.63, 3.8) is 0 Å². The average molecular weight is 410 g/mol. The molecule has 2 aliphatic rings. The second-order valence-corrected chi connectivity index (χ2v) is 8.47. The maximum atomic E-state index is 14.0. The first-order chi connectivity index (χ1) is 14.7. The number of carbonyl (C=O) groups is 1. The van der Waals surface area contributed by atoms with Gasteiger partial charge in [-0.3, -0.25) is 4.79 Å². The number of aryl methyl sites for hydroxylation is 1. The summed E-state index contributed by atoms with van der Waals surface area (Å²) >= 11 is 0. The summed E-state index contributed by atoms with van der Waals surface area (Å²) in [5, 5.41) is 0. The third-order valence-corrected chi connectivity index (χ3v) is 6.50. The lowest BCUT2D eigenvalue weighted by atomic mass is 9.94. The molecule has 0 aliphatic carbocycles. The van der Waals surface area contributed by atoms with E-state index in [1.807, 2.05) is 17.0 Å². The van der Waals surface area contributed by atoms with Crippen LogP contribution in [-0.4, -0.2) is 61.5 Å². The van der Waals surface area contributed by atoms with Crippen molar-refractivity contribution in [2.75, 3.05) is 50.7 Å². The fourth-order valence-corrected chi connectivity index (χ4v) is 4.69. The first-order valence-corrected chi connectivity index (χ1v) is 11.3. The molecular formula is C25H32FN3O. The molecule has 0 atom stereocenters. The van der Waals surface area contributed by atoms with E-state index < -0.39 is 0 Å². The highest BCUT2D eigenvalue weighted by Gasteiger charge is 2.30. The molecule has 2 aliphatic heterocycles. The minimum atomic E-state index is -0.183. The van der Waals surface area contributed by atoms with Crippen molar-refractivity contribution in [2.24, 2.45) is 5.92 Å². The SMILES string of the molecule is O=C(C1CCN(CCCc2ccccc2)CC1)N1CCN(c2ccccc2F)CC1. The van der Waals surface area contributed by atoms with Crippen LogP contribution in [-0.2, 0) is 11.2 Å². The number of hydrogen-bond donors (Lipinski definition) is 0. The number of amides is 1. The van der Waals surface area contributed by atoms with Gasteiger partial charge in [-0.1, -0.05) is 42.5 Å². The number of halogens is 1. The number of benzene rings is 2. The van der Waals surface area contributed by atoms with Crippen LogP contribution in [0.4, 0.5) is 10.1 Å². The zero-order valence-corrected chi connectivity index (χ0v) is 17.7. The maximum Gasteiger partial charge on any atom is 0.225 e. The summed E-state index contributed by atoms with van der Waals surface area (Å²) in [6.07, 6.45) is 4.20. The second-order valence-electron chi connectivity index (χ2n) is 8.47. The maximum absolute atomic E-state index is 14.0. The molecule has 0 saturated carbocycles. The normalized spacial score (nSPS) is 18.6. The van der Waals surface area contributed by atoms with E-state index in [1.165, 1.54) is 18.1 Å². The summed E-state index contributed by atoms with van der Waals surface area (Å²) in [6, 6.07) is 17.5. The van der Waals surface area contributed by atoms with Crippen LogP contribution in [0.2, 0.25) is 0 Å². The Morgan fingerprint density at radius 2 is 1.53 bits per heavy atom. The zero-order chi connectivity index (χ0) is 20.8. The molecule has 2 aromatic carbocycles. The predicted molar refractivity (Wildman–Crippen MR) is 119 cm³/mol. The average Bonchev–Trinajstić information content (AvgIpc) is 2.80. The first-order valence-electron chi connectivity index (χ1n) is 11.3. The number of piperidine rings is 1. The Hall–Kier alpha value is -2.40. The van der Waals surface area contributed by atoms with Crippen LogP contribution in [0.1, 0.15) is 24.8 Å². The van der Waals surface area contributed by atoms with E-state index in [0.29, 0.717) is 37.8 Å². The van der Waals surface area contributed by atoms with Gasteiger partial charge >= 0.3 is 0 Å². The van der Waals surface area contributed by atoms with E-state index in [4.69, 9.17) is 0 Å². The van der Waals surface area contributed by atoms with E-state index in [-0.39, 0.29) is 11.7 Å². The van der Waals surface area contributed by atoms with Gasteiger partial charge < -0.3 is 14.7 Å². The van der Waals surface area contributed by atoms with Gasteiger partial charge in [-0.05, 0) is 63.0 Å². The summed E-state index contributed by atoms with van der Waals surface area (Å²) in [7, 11) is 0. The topological polar surface area (TPSA) is 26.8 Å². The van der Waals surface area contributed by atoms with Gasteiger partial charge in [0.1, 0.15) is 5.82 Å². The van der Waals surface area contributed by atoms with Crippen LogP contribution in [0.5, 0.6) is 0 Å². The summed E-state index contributed by atoms with van der Waals surface area (Å²) in [4.78, 5) is 19.5. The van der Waals surface area contributed by atoms with Crippen LogP contribution in [0.15, 0.2) is 54.6 Å². The molecule has 0 spiro atoms. The highest BCUT2D eigenvalue weighted by molar-refractivity contribution is 5.79. The van der Waals surface area contributed by atoms with E-state index >= 15 is 0 Å². The van der Waals surface area contributed by atoms with E-state index in [1.54, 1.807) is 6.07 Å². The molecule has 4 nitrogen and oxygen atoms in total. The number of piperazine rings is 1. The number of rotatable bonds is 6. The number of para-hydroxylation sites is 1. The molecule has 1 amide bonds. The van der Waals surface area contributed by atoms with Crippen LogP contribution in [0, 0.1) is 11.7 Å². The van der Waals surface area contributed by atoms with Crippen molar-refractivity contribution in [2.45, 2.75) is 25.7 Å². The predicted octanol–water partition coefficient (Wildman–Crippen LogP) is 3.82. The lowest BCUT2D eigenvalue weighted by Crippen LogP contribution is -2.51. The highest BCUT2D eigenvalue weighted by atomic mass is 19.1. The zero-order valence-electron chi connectivity index (χ0n) is 17.7. The van der Waals surface area contributed by atoms with E-state index in [0.717, 1.165) is 38.9 Å². The standard InChI is InChI=1S/C25H32FN3O/c26-23-10-4-5-11-24(23)28-17-19-29(20-18-28)25(30)22-12-15-27(16-13-22)14-6-9-21-7-2-1-3-8-21/h1-5,7-8,10-11,22H,6,9,12-20H2. The van der Waals surface area contributed by atoms with Crippen molar-refractivity contribution in [1.82, 2.24) is 9.80 Å². The number of hydrogen-bond acceptors (Lipinski definition) is 3. The third-order valence-electron chi connectivity index (χ3n) is 6.50. The van der Waals surface area contributed by atoms with Gasteiger partial charge in [-0.25, -0.2) is 4.39 Å². The molecule has 5 heteroatoms. The van der Waals surface area contributed by atoms with Crippen LogP contribution < -0.4 is 4.90 Å². The molecule has 2 heterocycles. The second kappa shape index (κ2) is 10.1. The lowest BCUT2D eigenvalue weighted by Gasteiger charge is -2.39. The van der Waals surface area contributed by atoms with Crippen molar-refractivity contribution in [3.8, 4) is 0 Å². The Balaban J connectivity index is 1.18. The Kier molecular flexibility index (Phi) is 7.00. The van der Waals surface area contributed by atoms with Gasteiger partial charge in [-0.15, -0.1) is 0 Å². The number of likely N-dealkylation sites (tertiary alicyclic amines) is 1. The largest absolute Gasteiger partial charge is 0.366 e. The fraction of sp³-hybridized carbons (Fsp3) is 0.480. The fourth-order valence-electron chi connectivity index (χ4n) is 4.69. The highest BCUT2D eigenvalue weighted by Crippen LogP contribution is 2.23. The van der Waals surface area contributed by atoms with E-state index in [2.05, 4.69) is 40.1 Å². The molecule has 2 aromatic rings. The van der Waals surface area contributed by atoms with Gasteiger partial charge in [0.2, 0.25) is 5.91 Å². The smallest absolute Gasteiger partial charge is 0.225 e. The first kappa shape index (κ1) is 20.9. The summed E-state index contributed by atoms with van der Waals surface area (Å²) < 4.78 is 14.0. The molecular weight excluding hydrogens is 377 g/mol. The van der Waals surface area contributed by atoms with Gasteiger partial charge in [0.05, 0.1) is 5.69 Å². The van der Waals surface area contributed by atoms with Gasteiger partial charge in [-0.2, -0.15) is 0 Å². The summed E-state index contributed by atoms with van der Waals surface area (Å²) in [5.74, 6) is 0.263. The van der Waals surface area contributed by atoms with Gasteiger partial charge in [0.15, 0.2) is 0 Å². The van der Waals surface area contributed by atoms with E-state index in [9.17, 15) is 9.18 Å². The number of nitrogens with zero attached hydrogens (tertiary/aromatic N) is 3. The third kappa shape index (κ3) is 5.20. The quantitative estimate of drug-likeness (QED) is 0.726.